The highest BCUT2D eigenvalue weighted by Gasteiger charge is 2.27. The second-order valence-corrected chi connectivity index (χ2v) is 8.60. The largest absolute Gasteiger partial charge is 0.297 e. The van der Waals surface area contributed by atoms with Gasteiger partial charge in [0.15, 0.2) is 10.9 Å². The lowest BCUT2D eigenvalue weighted by Crippen LogP contribution is -2.38. The summed E-state index contributed by atoms with van der Waals surface area (Å²) in [5, 5.41) is 2.99. The van der Waals surface area contributed by atoms with E-state index in [1.807, 2.05) is 35.8 Å². The van der Waals surface area contributed by atoms with Crippen LogP contribution in [-0.4, -0.2) is 39.6 Å². The van der Waals surface area contributed by atoms with Gasteiger partial charge in [0.2, 0.25) is 0 Å². The van der Waals surface area contributed by atoms with E-state index < -0.39 is 0 Å². The van der Waals surface area contributed by atoms with Gasteiger partial charge in [-0.25, -0.2) is 4.98 Å². The Kier molecular flexibility index (Phi) is 5.76. The first-order valence-corrected chi connectivity index (χ1v) is 11.3. The molecule has 2 aromatic heterocycles. The number of Topliss-reactive ketones (excluding diaryl/α,β-unsaturated/α-hetero) is 1. The number of hydrogen-bond acceptors (Lipinski definition) is 5. The smallest absolute Gasteiger partial charge is 0.193 e. The molecule has 1 atom stereocenters. The number of rotatable bonds is 6. The van der Waals surface area contributed by atoms with E-state index in [9.17, 15) is 4.79 Å². The van der Waals surface area contributed by atoms with Crippen LogP contribution >= 0.6 is 23.1 Å². The SMILES string of the molecule is CSc1ccc(C(=O)[C@@H]2CCCN(Cc3cccn3-c3nccs3)C2)cc1. The molecule has 0 amide bonds. The number of aromatic nitrogens is 2. The third kappa shape index (κ3) is 4.18. The molecule has 1 aliphatic heterocycles. The number of thiazole rings is 1. The molecule has 0 unspecified atom stereocenters. The lowest BCUT2D eigenvalue weighted by Gasteiger charge is -2.32. The molecule has 0 bridgehead atoms. The summed E-state index contributed by atoms with van der Waals surface area (Å²) in [5.41, 5.74) is 2.06. The van der Waals surface area contributed by atoms with Crippen molar-refractivity contribution in [3.63, 3.8) is 0 Å². The van der Waals surface area contributed by atoms with E-state index in [2.05, 4.69) is 39.0 Å². The van der Waals surface area contributed by atoms with Gasteiger partial charge in [-0.2, -0.15) is 0 Å². The van der Waals surface area contributed by atoms with E-state index in [4.69, 9.17) is 0 Å². The van der Waals surface area contributed by atoms with Crippen molar-refractivity contribution in [2.24, 2.45) is 5.92 Å². The number of benzene rings is 1. The molecular weight excluding hydrogens is 374 g/mol. The maximum absolute atomic E-state index is 13.0. The number of likely N-dealkylation sites (tertiary alicyclic amines) is 1. The van der Waals surface area contributed by atoms with Crippen LogP contribution in [-0.2, 0) is 6.54 Å². The van der Waals surface area contributed by atoms with Crippen molar-refractivity contribution >= 4 is 28.9 Å². The predicted octanol–water partition coefficient (Wildman–Crippen LogP) is 4.75. The van der Waals surface area contributed by atoms with Gasteiger partial charge in [0.1, 0.15) is 0 Å². The number of carbonyl (C=O) groups excluding carboxylic acids is 1. The highest BCUT2D eigenvalue weighted by atomic mass is 32.2. The molecule has 0 spiro atoms. The standard InChI is InChI=1S/C21H23N3OS2/c1-26-19-8-6-16(7-9-19)20(25)17-4-2-11-23(14-17)15-18-5-3-12-24(18)21-22-10-13-27-21/h3,5-10,12-13,17H,2,4,11,14-15H2,1H3/t17-/m1/s1. The van der Waals surface area contributed by atoms with Crippen LogP contribution < -0.4 is 0 Å². The summed E-state index contributed by atoms with van der Waals surface area (Å²) in [6.07, 6.45) is 8.00. The van der Waals surface area contributed by atoms with Gasteiger partial charge < -0.3 is 0 Å². The summed E-state index contributed by atoms with van der Waals surface area (Å²) < 4.78 is 2.15. The molecule has 1 aromatic carbocycles. The molecule has 1 saturated heterocycles. The number of carbonyl (C=O) groups is 1. The Bertz CT molecular complexity index is 887. The normalized spacial score (nSPS) is 17.9. The zero-order valence-corrected chi connectivity index (χ0v) is 17.0. The lowest BCUT2D eigenvalue weighted by molar-refractivity contribution is 0.0809. The quantitative estimate of drug-likeness (QED) is 0.444. The van der Waals surface area contributed by atoms with Crippen LogP contribution in [0.25, 0.3) is 5.13 Å². The van der Waals surface area contributed by atoms with Crippen LogP contribution in [0.1, 0.15) is 28.9 Å². The Morgan fingerprint density at radius 1 is 1.30 bits per heavy atom. The molecule has 0 radical (unpaired) electrons. The molecule has 4 rings (SSSR count). The van der Waals surface area contributed by atoms with Crippen molar-refractivity contribution in [2.75, 3.05) is 19.3 Å². The lowest BCUT2D eigenvalue weighted by atomic mass is 9.90. The van der Waals surface area contributed by atoms with Crippen molar-refractivity contribution in [3.8, 4) is 5.13 Å². The fourth-order valence-corrected chi connectivity index (χ4v) is 4.76. The van der Waals surface area contributed by atoms with Gasteiger partial charge in [-0.1, -0.05) is 12.1 Å². The third-order valence-electron chi connectivity index (χ3n) is 5.09. The van der Waals surface area contributed by atoms with Gasteiger partial charge in [-0.05, 0) is 49.9 Å². The Hall–Kier alpha value is -1.89. The molecule has 27 heavy (non-hydrogen) atoms. The molecule has 0 saturated carbocycles. The molecule has 1 fully saturated rings. The van der Waals surface area contributed by atoms with E-state index in [1.165, 1.54) is 10.6 Å². The maximum Gasteiger partial charge on any atom is 0.193 e. The average molecular weight is 398 g/mol. The van der Waals surface area contributed by atoms with Crippen LogP contribution in [0.4, 0.5) is 0 Å². The van der Waals surface area contributed by atoms with Gasteiger partial charge in [0.25, 0.3) is 0 Å². The first-order chi connectivity index (χ1) is 13.2. The number of thioether (sulfide) groups is 1. The molecule has 1 aliphatic rings. The van der Waals surface area contributed by atoms with Crippen LogP contribution in [0.15, 0.2) is 59.1 Å². The molecule has 140 valence electrons. The molecule has 6 heteroatoms. The summed E-state index contributed by atoms with van der Waals surface area (Å²) in [4.78, 5) is 21.0. The van der Waals surface area contributed by atoms with Crippen molar-refractivity contribution in [2.45, 2.75) is 24.3 Å². The molecule has 4 nitrogen and oxygen atoms in total. The second-order valence-electron chi connectivity index (χ2n) is 6.85. The van der Waals surface area contributed by atoms with Crippen molar-refractivity contribution < 1.29 is 4.79 Å². The van der Waals surface area contributed by atoms with Crippen LogP contribution in [0, 0.1) is 5.92 Å². The fourth-order valence-electron chi connectivity index (χ4n) is 3.70. The Labute approximate surface area is 168 Å². The summed E-state index contributed by atoms with van der Waals surface area (Å²) >= 11 is 3.34. The monoisotopic (exact) mass is 397 g/mol. The number of ketones is 1. The van der Waals surface area contributed by atoms with Crippen LogP contribution in [0.5, 0.6) is 0 Å². The van der Waals surface area contributed by atoms with Crippen molar-refractivity contribution in [1.82, 2.24) is 14.5 Å². The maximum atomic E-state index is 13.0. The van der Waals surface area contributed by atoms with E-state index in [0.29, 0.717) is 0 Å². The van der Waals surface area contributed by atoms with E-state index in [-0.39, 0.29) is 11.7 Å². The zero-order chi connectivity index (χ0) is 18.6. The van der Waals surface area contributed by atoms with Gasteiger partial charge in [-0.15, -0.1) is 23.1 Å². The molecule has 0 aliphatic carbocycles. The first-order valence-electron chi connectivity index (χ1n) is 9.21. The van der Waals surface area contributed by atoms with Gasteiger partial charge >= 0.3 is 0 Å². The van der Waals surface area contributed by atoms with Crippen LogP contribution in [0.2, 0.25) is 0 Å². The van der Waals surface area contributed by atoms with Gasteiger partial charge in [0, 0.05) is 52.9 Å². The molecule has 0 N–H and O–H groups in total. The topological polar surface area (TPSA) is 38.1 Å². The summed E-state index contributed by atoms with van der Waals surface area (Å²) in [6, 6.07) is 12.2. The van der Waals surface area contributed by atoms with Gasteiger partial charge in [-0.3, -0.25) is 14.3 Å². The summed E-state index contributed by atoms with van der Waals surface area (Å²) in [7, 11) is 0. The Balaban J connectivity index is 1.44. The Morgan fingerprint density at radius 3 is 2.89 bits per heavy atom. The van der Waals surface area contributed by atoms with Crippen molar-refractivity contribution in [3.05, 3.63) is 65.4 Å². The number of nitrogens with zero attached hydrogens (tertiary/aromatic N) is 3. The van der Waals surface area contributed by atoms with E-state index in [1.54, 1.807) is 23.1 Å². The van der Waals surface area contributed by atoms with Crippen LogP contribution in [0.3, 0.4) is 0 Å². The first kappa shape index (κ1) is 18.5. The predicted molar refractivity (Wildman–Crippen MR) is 112 cm³/mol. The van der Waals surface area contributed by atoms with E-state index >= 15 is 0 Å². The minimum absolute atomic E-state index is 0.0853. The fraction of sp³-hybridized carbons (Fsp3) is 0.333. The molecule has 3 aromatic rings. The molecular formula is C21H23N3OS2. The van der Waals surface area contributed by atoms with Gasteiger partial charge in [0.05, 0.1) is 0 Å². The minimum Gasteiger partial charge on any atom is -0.297 e. The second kappa shape index (κ2) is 8.42. The molecule has 3 heterocycles. The minimum atomic E-state index is 0.0853. The number of piperidine rings is 1. The third-order valence-corrected chi connectivity index (χ3v) is 6.61. The average Bonchev–Trinajstić information content (AvgIpc) is 3.39. The summed E-state index contributed by atoms with van der Waals surface area (Å²) in [5.74, 6) is 0.366. The highest BCUT2D eigenvalue weighted by Crippen LogP contribution is 2.25. The van der Waals surface area contributed by atoms with E-state index in [0.717, 1.165) is 43.2 Å². The number of hydrogen-bond donors (Lipinski definition) is 0. The van der Waals surface area contributed by atoms with Crippen molar-refractivity contribution in [1.29, 1.82) is 0 Å². The zero-order valence-electron chi connectivity index (χ0n) is 15.4. The highest BCUT2D eigenvalue weighted by molar-refractivity contribution is 7.98. The Morgan fingerprint density at radius 2 is 2.15 bits per heavy atom. The summed E-state index contributed by atoms with van der Waals surface area (Å²) in [6.45, 7) is 2.71.